The molecule has 0 aliphatic rings. The van der Waals surface area contributed by atoms with Crippen LogP contribution in [0.2, 0.25) is 0 Å². The molecule has 0 rings (SSSR count). The molecule has 0 aliphatic heterocycles. The van der Waals surface area contributed by atoms with Crippen LogP contribution < -0.4 is 34.5 Å². The summed E-state index contributed by atoms with van der Waals surface area (Å²) in [7, 11) is -1.08. The van der Waals surface area contributed by atoms with Crippen LogP contribution in [0.25, 0.3) is 0 Å². The largest absolute Gasteiger partial charge is 1.00 e. The van der Waals surface area contributed by atoms with Gasteiger partial charge in [0.05, 0.1) is 15.1 Å². The van der Waals surface area contributed by atoms with Gasteiger partial charge >= 0.3 is 41.5 Å². The van der Waals surface area contributed by atoms with Crippen LogP contribution >= 0.6 is 8.69 Å². The molecular formula is C5H6NaO6P. The fourth-order valence-electron chi connectivity index (χ4n) is 0.258. The quantitative estimate of drug-likeness (QED) is 0.289. The zero-order valence-corrected chi connectivity index (χ0v) is 9.78. The minimum atomic E-state index is -1.27. The number of carboxylic acids is 2. The van der Waals surface area contributed by atoms with E-state index in [2.05, 4.69) is 6.58 Å². The second-order valence-electron chi connectivity index (χ2n) is 1.55. The number of hydrogen-bond acceptors (Lipinski definition) is 4. The van der Waals surface area contributed by atoms with Gasteiger partial charge in [-0.1, -0.05) is 6.58 Å². The molecule has 0 saturated heterocycles. The van der Waals surface area contributed by atoms with Gasteiger partial charge in [0.1, 0.15) is 0 Å². The first-order chi connectivity index (χ1) is 5.45. The Morgan fingerprint density at radius 1 is 1.38 bits per heavy atom. The third-order valence-electron chi connectivity index (χ3n) is 0.667. The van der Waals surface area contributed by atoms with Crippen molar-refractivity contribution in [2.24, 2.45) is 0 Å². The Bertz CT molecular complexity index is 203. The van der Waals surface area contributed by atoms with Crippen LogP contribution in [0.15, 0.2) is 12.2 Å². The molecule has 2 N–H and O–H groups in total. The molecule has 0 atom stereocenters. The summed E-state index contributed by atoms with van der Waals surface area (Å²) in [6.07, 6.45) is -0.505. The van der Waals surface area contributed by atoms with Crippen LogP contribution in [0.4, 0.5) is 0 Å². The van der Waals surface area contributed by atoms with Crippen molar-refractivity contribution in [3.8, 4) is 0 Å². The number of hydrogen-bond donors (Lipinski definition) is 2. The topological polar surface area (TPSA) is 115 Å². The maximum Gasteiger partial charge on any atom is 1.00 e. The first-order valence-corrected chi connectivity index (χ1v) is 3.26. The van der Waals surface area contributed by atoms with Gasteiger partial charge in [0, 0.05) is 5.57 Å². The Morgan fingerprint density at radius 2 is 1.69 bits per heavy atom. The van der Waals surface area contributed by atoms with E-state index in [-0.39, 0.29) is 35.1 Å². The van der Waals surface area contributed by atoms with E-state index in [1.807, 2.05) is 0 Å². The van der Waals surface area contributed by atoms with Gasteiger partial charge in [0.25, 0.3) is 0 Å². The summed E-state index contributed by atoms with van der Waals surface area (Å²) in [5.74, 6) is -2.44. The van der Waals surface area contributed by atoms with Gasteiger partial charge in [0.15, 0.2) is 0 Å². The standard InChI is InChI=1S/C5H6O4.Na.HO2P/c1-3(5(8)9)2-4(6)7;;1-3-2/h1-2H2,(H,6,7)(H,8,9);;(H,1,2)/q;+1;/p-1. The van der Waals surface area contributed by atoms with Crippen LogP contribution in [0.3, 0.4) is 0 Å². The minimum Gasteiger partial charge on any atom is -0.772 e. The average Bonchev–Trinajstić information content (AvgIpc) is 1.87. The van der Waals surface area contributed by atoms with Crippen molar-refractivity contribution in [1.82, 2.24) is 0 Å². The Labute approximate surface area is 97.8 Å². The summed E-state index contributed by atoms with van der Waals surface area (Å²) >= 11 is 0. The Balaban J connectivity index is -0.000000220. The summed E-state index contributed by atoms with van der Waals surface area (Å²) in [6.45, 7) is 3.01. The summed E-state index contributed by atoms with van der Waals surface area (Å²) < 4.78 is 8.35. The van der Waals surface area contributed by atoms with Crippen molar-refractivity contribution in [3.05, 3.63) is 12.2 Å². The molecule has 0 aromatic heterocycles. The molecule has 0 aliphatic carbocycles. The van der Waals surface area contributed by atoms with Gasteiger partial charge in [-0.3, -0.25) is 9.36 Å². The molecule has 0 aromatic rings. The fraction of sp³-hybridized carbons (Fsp3) is 0.200. The zero-order valence-electron chi connectivity index (χ0n) is 6.89. The number of rotatable bonds is 3. The van der Waals surface area contributed by atoms with E-state index in [1.165, 1.54) is 0 Å². The minimum absolute atomic E-state index is 0. The maximum atomic E-state index is 9.87. The molecule has 0 bridgehead atoms. The Morgan fingerprint density at radius 3 is 1.77 bits per heavy atom. The zero-order chi connectivity index (χ0) is 10.1. The van der Waals surface area contributed by atoms with Crippen LogP contribution in [-0.4, -0.2) is 22.2 Å². The second-order valence-corrected chi connectivity index (χ2v) is 1.70. The smallest absolute Gasteiger partial charge is 0.772 e. The van der Waals surface area contributed by atoms with Crippen molar-refractivity contribution in [2.75, 3.05) is 0 Å². The Kier molecular flexibility index (Phi) is 16.7. The van der Waals surface area contributed by atoms with Crippen molar-refractivity contribution < 1.29 is 58.8 Å². The van der Waals surface area contributed by atoms with Gasteiger partial charge in [0.2, 0.25) is 0 Å². The van der Waals surface area contributed by atoms with Crippen molar-refractivity contribution in [2.45, 2.75) is 6.42 Å². The summed E-state index contributed by atoms with van der Waals surface area (Å²) in [4.78, 5) is 28.0. The summed E-state index contributed by atoms with van der Waals surface area (Å²) in [5, 5.41) is 16.1. The van der Waals surface area contributed by atoms with E-state index >= 15 is 0 Å². The maximum absolute atomic E-state index is 9.87. The normalized spacial score (nSPS) is 7.46. The molecule has 0 heterocycles. The molecule has 8 heteroatoms. The van der Waals surface area contributed by atoms with E-state index in [0.29, 0.717) is 0 Å². The summed E-state index contributed by atoms with van der Waals surface area (Å²) in [6, 6.07) is 0. The predicted molar refractivity (Wildman–Crippen MR) is 36.6 cm³/mol. The van der Waals surface area contributed by atoms with Crippen molar-refractivity contribution in [3.63, 3.8) is 0 Å². The van der Waals surface area contributed by atoms with Crippen molar-refractivity contribution in [1.29, 1.82) is 0 Å². The van der Waals surface area contributed by atoms with Crippen LogP contribution in [-0.2, 0) is 14.2 Å². The first kappa shape index (κ1) is 18.5. The molecule has 0 aromatic carbocycles. The van der Waals surface area contributed by atoms with Gasteiger partial charge in [-0.15, -0.1) is 0 Å². The third kappa shape index (κ3) is 18.6. The van der Waals surface area contributed by atoms with E-state index < -0.39 is 27.0 Å². The van der Waals surface area contributed by atoms with Crippen LogP contribution in [0.1, 0.15) is 6.42 Å². The van der Waals surface area contributed by atoms with Gasteiger partial charge < -0.3 is 15.1 Å². The molecule has 0 radical (unpaired) electrons. The van der Waals surface area contributed by atoms with Gasteiger partial charge in [-0.2, -0.15) is 0 Å². The third-order valence-corrected chi connectivity index (χ3v) is 0.667. The predicted octanol–water partition coefficient (Wildman–Crippen LogP) is -3.34. The molecule has 13 heavy (non-hydrogen) atoms. The molecule has 0 saturated carbocycles. The first-order valence-electron chi connectivity index (χ1n) is 2.53. The fourth-order valence-corrected chi connectivity index (χ4v) is 0.258. The average molecular weight is 216 g/mol. The van der Waals surface area contributed by atoms with E-state index in [0.717, 1.165) is 0 Å². The van der Waals surface area contributed by atoms with E-state index in [4.69, 9.17) is 19.7 Å². The summed E-state index contributed by atoms with van der Waals surface area (Å²) in [5.41, 5.74) is -0.303. The number of carboxylic acid groups (broad SMARTS) is 2. The van der Waals surface area contributed by atoms with Crippen molar-refractivity contribution >= 4 is 20.6 Å². The molecule has 0 unspecified atom stereocenters. The van der Waals surface area contributed by atoms with E-state index in [1.54, 1.807) is 0 Å². The van der Waals surface area contributed by atoms with Crippen LogP contribution in [0.5, 0.6) is 0 Å². The van der Waals surface area contributed by atoms with E-state index in [9.17, 15) is 9.59 Å². The second kappa shape index (κ2) is 11.7. The molecule has 68 valence electrons. The van der Waals surface area contributed by atoms with Gasteiger partial charge in [-0.25, -0.2) is 4.79 Å². The number of aliphatic carboxylic acids is 2. The molecular weight excluding hydrogens is 210 g/mol. The SMILES string of the molecule is C=C(CC(=O)O)C(=O)O.O=P[O-].[Na+]. The van der Waals surface area contributed by atoms with Crippen LogP contribution in [0, 0.1) is 0 Å². The van der Waals surface area contributed by atoms with Gasteiger partial charge in [-0.05, 0) is 0 Å². The molecule has 0 fully saturated rings. The number of carbonyl (C=O) groups is 2. The Hall–Kier alpha value is -0.260. The molecule has 6 nitrogen and oxygen atoms in total. The molecule has 0 spiro atoms. The monoisotopic (exact) mass is 216 g/mol. The molecule has 0 amide bonds.